The number of benzene rings is 1. The van der Waals surface area contributed by atoms with Gasteiger partial charge in [0.25, 0.3) is 0 Å². The molecule has 5 nitrogen and oxygen atoms in total. The predicted molar refractivity (Wildman–Crippen MR) is 105 cm³/mol. The number of carboxylic acids is 2. The fourth-order valence-electron chi connectivity index (χ4n) is 3.75. The summed E-state index contributed by atoms with van der Waals surface area (Å²) in [5, 5.41) is 20.5. The van der Waals surface area contributed by atoms with E-state index >= 15 is 0 Å². The number of fused-ring (bicyclic) bond motifs is 3. The van der Waals surface area contributed by atoms with Gasteiger partial charge in [-0.25, -0.2) is 0 Å². The zero-order chi connectivity index (χ0) is 19.4. The van der Waals surface area contributed by atoms with Gasteiger partial charge < -0.3 is 14.6 Å². The second kappa shape index (κ2) is 8.38. The van der Waals surface area contributed by atoms with Crippen LogP contribution in [0.1, 0.15) is 63.2 Å². The minimum atomic E-state index is -1.86. The molecular weight excluding hydrogens is 364 g/mol. The molecule has 0 saturated carbocycles. The molecule has 2 aromatic rings. The zero-order valence-electron chi connectivity index (χ0n) is 15.6. The first-order valence-corrected chi connectivity index (χ1v) is 10.5. The van der Waals surface area contributed by atoms with Gasteiger partial charge in [-0.1, -0.05) is 44.4 Å². The van der Waals surface area contributed by atoms with E-state index in [4.69, 9.17) is 4.42 Å². The molecule has 1 aliphatic carbocycles. The van der Waals surface area contributed by atoms with E-state index in [1.165, 1.54) is 5.56 Å². The average Bonchev–Trinajstić information content (AvgIpc) is 3.02. The lowest BCUT2D eigenvalue weighted by Gasteiger charge is -2.24. The molecule has 6 heteroatoms. The Morgan fingerprint density at radius 2 is 1.85 bits per heavy atom. The number of thioether (sulfide) groups is 1. The number of aliphatic carboxylic acids is 2. The van der Waals surface area contributed by atoms with Gasteiger partial charge >= 0.3 is 11.9 Å². The third-order valence-electron chi connectivity index (χ3n) is 5.29. The van der Waals surface area contributed by atoms with Gasteiger partial charge in [0.05, 0.1) is 0 Å². The lowest BCUT2D eigenvalue weighted by Crippen LogP contribution is -2.43. The number of unbranched alkanes of at least 4 members (excludes halogenated alkanes) is 3. The normalized spacial score (nSPS) is 14.3. The molecule has 0 bridgehead atoms. The Balaban J connectivity index is 1.90. The molecular formula is C21H26O5S. The van der Waals surface area contributed by atoms with Gasteiger partial charge in [0, 0.05) is 22.3 Å². The highest BCUT2D eigenvalue weighted by molar-refractivity contribution is 8.02. The largest absolute Gasteiger partial charge is 0.480 e. The predicted octanol–water partition coefficient (Wildman–Crippen LogP) is 5.28. The van der Waals surface area contributed by atoms with Gasteiger partial charge in [0.2, 0.25) is 4.75 Å². The quantitative estimate of drug-likeness (QED) is 0.344. The maximum Gasteiger partial charge on any atom is 0.331 e. The van der Waals surface area contributed by atoms with Crippen molar-refractivity contribution in [3.8, 4) is 0 Å². The third-order valence-corrected chi connectivity index (χ3v) is 6.68. The molecule has 0 fully saturated rings. The van der Waals surface area contributed by atoms with Crippen LogP contribution in [0.25, 0.3) is 11.0 Å². The monoisotopic (exact) mass is 390 g/mol. The highest BCUT2D eigenvalue weighted by atomic mass is 32.2. The standard InChI is InChI=1S/C21H26O5S/c1-2-3-4-7-12-21(19(22)23,20(24)25)27-14-10-11-18-16(13-14)15-8-5-6-9-17(15)26-18/h10-11,13H,2-9,12H2,1H3,(H,22,23)(H,24,25). The number of carboxylic acid groups (broad SMARTS) is 2. The minimum absolute atomic E-state index is 0.115. The van der Waals surface area contributed by atoms with Crippen LogP contribution in [0.15, 0.2) is 27.5 Å². The van der Waals surface area contributed by atoms with Crippen LogP contribution in [0.2, 0.25) is 0 Å². The van der Waals surface area contributed by atoms with E-state index < -0.39 is 16.7 Å². The number of hydrogen-bond acceptors (Lipinski definition) is 4. The second-order valence-electron chi connectivity index (χ2n) is 7.22. The van der Waals surface area contributed by atoms with Gasteiger partial charge in [-0.2, -0.15) is 0 Å². The van der Waals surface area contributed by atoms with E-state index in [0.717, 1.165) is 73.4 Å². The summed E-state index contributed by atoms with van der Waals surface area (Å²) in [4.78, 5) is 24.6. The smallest absolute Gasteiger partial charge is 0.331 e. The Hall–Kier alpha value is -1.95. The molecule has 1 aromatic carbocycles. The molecule has 1 aromatic heterocycles. The Labute approximate surface area is 163 Å². The van der Waals surface area contributed by atoms with Crippen LogP contribution in [-0.2, 0) is 22.4 Å². The lowest BCUT2D eigenvalue weighted by molar-refractivity contribution is -0.152. The van der Waals surface area contributed by atoms with E-state index in [2.05, 4.69) is 6.92 Å². The second-order valence-corrected chi connectivity index (χ2v) is 8.59. The van der Waals surface area contributed by atoms with Crippen LogP contribution in [0.3, 0.4) is 0 Å². The van der Waals surface area contributed by atoms with E-state index in [0.29, 0.717) is 11.3 Å². The summed E-state index contributed by atoms with van der Waals surface area (Å²) in [5.74, 6) is -1.56. The first-order valence-electron chi connectivity index (χ1n) is 9.68. The van der Waals surface area contributed by atoms with Crippen LogP contribution >= 0.6 is 11.8 Å². The molecule has 0 atom stereocenters. The molecule has 0 radical (unpaired) electrons. The number of hydrogen-bond donors (Lipinski definition) is 2. The Morgan fingerprint density at radius 1 is 1.11 bits per heavy atom. The molecule has 2 N–H and O–H groups in total. The van der Waals surface area contributed by atoms with Crippen LogP contribution < -0.4 is 0 Å². The van der Waals surface area contributed by atoms with Crippen LogP contribution in [0.4, 0.5) is 0 Å². The molecule has 0 aliphatic heterocycles. The van der Waals surface area contributed by atoms with Gasteiger partial charge in [-0.05, 0) is 43.9 Å². The molecule has 0 amide bonds. The summed E-state index contributed by atoms with van der Waals surface area (Å²) < 4.78 is 4.06. The Morgan fingerprint density at radius 3 is 2.56 bits per heavy atom. The van der Waals surface area contributed by atoms with Crippen LogP contribution in [0.5, 0.6) is 0 Å². The summed E-state index contributed by atoms with van der Waals surface area (Å²) in [6.45, 7) is 2.07. The van der Waals surface area contributed by atoms with Crippen LogP contribution in [-0.4, -0.2) is 26.9 Å². The highest BCUT2D eigenvalue weighted by Crippen LogP contribution is 2.41. The molecule has 1 heterocycles. The molecule has 1 aliphatic rings. The van der Waals surface area contributed by atoms with E-state index in [9.17, 15) is 19.8 Å². The number of furan rings is 1. The number of aryl methyl sites for hydroxylation is 2. The van der Waals surface area contributed by atoms with Crippen molar-refractivity contribution in [2.45, 2.75) is 74.4 Å². The van der Waals surface area contributed by atoms with Crippen molar-refractivity contribution in [3.63, 3.8) is 0 Å². The van der Waals surface area contributed by atoms with Crippen molar-refractivity contribution in [3.05, 3.63) is 29.5 Å². The van der Waals surface area contributed by atoms with E-state index in [1.807, 2.05) is 12.1 Å². The topological polar surface area (TPSA) is 87.7 Å². The number of rotatable bonds is 9. The zero-order valence-corrected chi connectivity index (χ0v) is 16.4. The molecule has 3 rings (SSSR count). The van der Waals surface area contributed by atoms with E-state index in [1.54, 1.807) is 6.07 Å². The van der Waals surface area contributed by atoms with Gasteiger partial charge in [-0.15, -0.1) is 0 Å². The van der Waals surface area contributed by atoms with Gasteiger partial charge in [-0.3, -0.25) is 9.59 Å². The molecule has 0 spiro atoms. The molecule has 27 heavy (non-hydrogen) atoms. The SMILES string of the molecule is CCCCCCC(Sc1ccc2oc3c(c2c1)CCCC3)(C(=O)O)C(=O)O. The minimum Gasteiger partial charge on any atom is -0.480 e. The Kier molecular flexibility index (Phi) is 6.15. The fraction of sp³-hybridized carbons (Fsp3) is 0.524. The molecule has 0 unspecified atom stereocenters. The third kappa shape index (κ3) is 4.00. The van der Waals surface area contributed by atoms with Crippen molar-refractivity contribution in [1.82, 2.24) is 0 Å². The number of carbonyl (C=O) groups is 2. The van der Waals surface area contributed by atoms with Crippen molar-refractivity contribution in [1.29, 1.82) is 0 Å². The van der Waals surface area contributed by atoms with E-state index in [-0.39, 0.29) is 6.42 Å². The van der Waals surface area contributed by atoms with Gasteiger partial charge in [0.1, 0.15) is 11.3 Å². The van der Waals surface area contributed by atoms with Crippen LogP contribution in [0, 0.1) is 0 Å². The van der Waals surface area contributed by atoms with Crippen molar-refractivity contribution >= 4 is 34.7 Å². The molecule has 0 saturated heterocycles. The first-order chi connectivity index (χ1) is 13.0. The lowest BCUT2D eigenvalue weighted by atomic mass is 9.96. The first kappa shape index (κ1) is 19.8. The van der Waals surface area contributed by atoms with Crippen molar-refractivity contribution < 1.29 is 24.2 Å². The summed E-state index contributed by atoms with van der Waals surface area (Å²) in [5.41, 5.74) is 1.99. The van der Waals surface area contributed by atoms with Crippen molar-refractivity contribution in [2.24, 2.45) is 0 Å². The highest BCUT2D eigenvalue weighted by Gasteiger charge is 2.47. The van der Waals surface area contributed by atoms with Crippen molar-refractivity contribution in [2.75, 3.05) is 0 Å². The summed E-state index contributed by atoms with van der Waals surface area (Å²) in [6.07, 6.45) is 7.66. The van der Waals surface area contributed by atoms with Gasteiger partial charge in [0.15, 0.2) is 0 Å². The molecule has 146 valence electrons. The average molecular weight is 391 g/mol. The maximum atomic E-state index is 12.0. The summed E-state index contributed by atoms with van der Waals surface area (Å²) in [7, 11) is 0. The fourth-order valence-corrected chi connectivity index (χ4v) is 4.89. The Bertz CT molecular complexity index is 824. The summed E-state index contributed by atoms with van der Waals surface area (Å²) >= 11 is 0.939. The maximum absolute atomic E-state index is 12.0. The summed E-state index contributed by atoms with van der Waals surface area (Å²) in [6, 6.07) is 5.51.